The molecule has 0 amide bonds. The van der Waals surface area contributed by atoms with Gasteiger partial charge in [-0.25, -0.2) is 4.79 Å². The van der Waals surface area contributed by atoms with Gasteiger partial charge in [0.2, 0.25) is 0 Å². The number of esters is 1. The van der Waals surface area contributed by atoms with Gasteiger partial charge < -0.3 is 4.74 Å². The minimum atomic E-state index is -0.347. The van der Waals surface area contributed by atoms with Gasteiger partial charge in [-0.3, -0.25) is 0 Å². The minimum absolute atomic E-state index is 0.347. The molecule has 0 atom stereocenters. The van der Waals surface area contributed by atoms with Crippen molar-refractivity contribution in [3.05, 3.63) is 53.9 Å². The van der Waals surface area contributed by atoms with Crippen LogP contribution >= 0.6 is 23.1 Å². The molecule has 1 aromatic heterocycles. The molecule has 1 heterocycles. The standard InChI is InChI=1S/C17H14O2S2/c1-3-19-17(18)11(2)20-15-10-6-8-13-12-7-4-5-9-14(12)21-16(13)15/h4-10H,2-3H2,1H3. The van der Waals surface area contributed by atoms with E-state index in [2.05, 4.69) is 24.8 Å². The summed E-state index contributed by atoms with van der Waals surface area (Å²) in [7, 11) is 0. The first-order chi connectivity index (χ1) is 10.2. The second-order valence-electron chi connectivity index (χ2n) is 4.48. The predicted octanol–water partition coefficient (Wildman–Crippen LogP) is 5.22. The van der Waals surface area contributed by atoms with Crippen molar-refractivity contribution in [2.75, 3.05) is 6.61 Å². The van der Waals surface area contributed by atoms with Gasteiger partial charge in [0.05, 0.1) is 11.5 Å². The highest BCUT2D eigenvalue weighted by Crippen LogP contribution is 2.41. The van der Waals surface area contributed by atoms with Crippen LogP contribution in [0.25, 0.3) is 20.2 Å². The average Bonchev–Trinajstić information content (AvgIpc) is 2.87. The van der Waals surface area contributed by atoms with Crippen molar-refractivity contribution in [1.82, 2.24) is 0 Å². The zero-order valence-corrected chi connectivity index (χ0v) is 13.2. The molecule has 0 bridgehead atoms. The van der Waals surface area contributed by atoms with Crippen LogP contribution in [-0.2, 0) is 9.53 Å². The molecule has 0 aliphatic carbocycles. The summed E-state index contributed by atoms with van der Waals surface area (Å²) >= 11 is 3.12. The number of hydrogen-bond acceptors (Lipinski definition) is 4. The maximum Gasteiger partial charge on any atom is 0.344 e. The Morgan fingerprint density at radius 3 is 2.76 bits per heavy atom. The second-order valence-corrected chi connectivity index (χ2v) is 6.67. The number of carbonyl (C=O) groups excluding carboxylic acids is 1. The molecule has 0 saturated carbocycles. The average molecular weight is 314 g/mol. The third-order valence-corrected chi connectivity index (χ3v) is 5.43. The summed E-state index contributed by atoms with van der Waals surface area (Å²) in [6.07, 6.45) is 0. The third-order valence-electron chi connectivity index (χ3n) is 3.10. The lowest BCUT2D eigenvalue weighted by Crippen LogP contribution is -2.03. The SMILES string of the molecule is C=C(Sc1cccc2c1sc1ccccc12)C(=O)OCC. The summed E-state index contributed by atoms with van der Waals surface area (Å²) in [6.45, 7) is 5.98. The Kier molecular flexibility index (Phi) is 3.99. The maximum atomic E-state index is 11.7. The van der Waals surface area contributed by atoms with E-state index in [9.17, 15) is 4.79 Å². The first kappa shape index (κ1) is 14.2. The van der Waals surface area contributed by atoms with Gasteiger partial charge in [-0.15, -0.1) is 11.3 Å². The van der Waals surface area contributed by atoms with Crippen molar-refractivity contribution >= 4 is 49.2 Å². The molecule has 0 aliphatic rings. The largest absolute Gasteiger partial charge is 0.462 e. The van der Waals surface area contributed by atoms with Crippen LogP contribution in [0.15, 0.2) is 58.8 Å². The monoisotopic (exact) mass is 314 g/mol. The van der Waals surface area contributed by atoms with Gasteiger partial charge in [0.15, 0.2) is 0 Å². The van der Waals surface area contributed by atoms with Gasteiger partial charge in [-0.2, -0.15) is 0 Å². The lowest BCUT2D eigenvalue weighted by molar-refractivity contribution is -0.137. The number of ether oxygens (including phenoxy) is 1. The highest BCUT2D eigenvalue weighted by molar-refractivity contribution is 8.04. The zero-order valence-electron chi connectivity index (χ0n) is 11.6. The molecule has 0 aliphatic heterocycles. The second kappa shape index (κ2) is 5.92. The third kappa shape index (κ3) is 2.69. The first-order valence-corrected chi connectivity index (χ1v) is 8.28. The van der Waals surface area contributed by atoms with Gasteiger partial charge in [-0.1, -0.05) is 48.7 Å². The molecule has 0 spiro atoms. The van der Waals surface area contributed by atoms with Gasteiger partial charge in [0, 0.05) is 25.1 Å². The van der Waals surface area contributed by atoms with Crippen LogP contribution in [0.1, 0.15) is 6.92 Å². The number of thioether (sulfide) groups is 1. The normalized spacial score (nSPS) is 10.9. The van der Waals surface area contributed by atoms with E-state index in [4.69, 9.17) is 4.74 Å². The molecule has 106 valence electrons. The van der Waals surface area contributed by atoms with E-state index >= 15 is 0 Å². The number of benzene rings is 2. The number of thiophene rings is 1. The van der Waals surface area contributed by atoms with Crippen molar-refractivity contribution in [3.63, 3.8) is 0 Å². The highest BCUT2D eigenvalue weighted by Gasteiger charge is 2.14. The lowest BCUT2D eigenvalue weighted by atomic mass is 10.1. The summed E-state index contributed by atoms with van der Waals surface area (Å²) in [6, 6.07) is 14.5. The summed E-state index contributed by atoms with van der Waals surface area (Å²) in [5.41, 5.74) is 0. The number of fused-ring (bicyclic) bond motifs is 3. The summed E-state index contributed by atoms with van der Waals surface area (Å²) < 4.78 is 7.43. The summed E-state index contributed by atoms with van der Waals surface area (Å²) in [5, 5.41) is 2.47. The Morgan fingerprint density at radius 1 is 1.19 bits per heavy atom. The number of carbonyl (C=O) groups is 1. The van der Waals surface area contributed by atoms with Crippen LogP contribution in [0.5, 0.6) is 0 Å². The Labute approximate surface area is 131 Å². The van der Waals surface area contributed by atoms with E-state index in [-0.39, 0.29) is 5.97 Å². The number of rotatable bonds is 4. The van der Waals surface area contributed by atoms with Gasteiger partial charge in [0.25, 0.3) is 0 Å². The molecule has 0 fully saturated rings. The molecule has 3 rings (SSSR count). The predicted molar refractivity (Wildman–Crippen MR) is 91.0 cm³/mol. The van der Waals surface area contributed by atoms with E-state index in [1.165, 1.54) is 31.9 Å². The van der Waals surface area contributed by atoms with Crippen LogP contribution in [0.4, 0.5) is 0 Å². The molecular weight excluding hydrogens is 300 g/mol. The first-order valence-electron chi connectivity index (χ1n) is 6.65. The number of hydrogen-bond donors (Lipinski definition) is 0. The van der Waals surface area contributed by atoms with E-state index in [1.54, 1.807) is 18.3 Å². The Morgan fingerprint density at radius 2 is 1.95 bits per heavy atom. The lowest BCUT2D eigenvalue weighted by Gasteiger charge is -2.05. The molecule has 4 heteroatoms. The molecule has 2 nitrogen and oxygen atoms in total. The van der Waals surface area contributed by atoms with Crippen LogP contribution in [0.2, 0.25) is 0 Å². The van der Waals surface area contributed by atoms with Gasteiger partial charge in [-0.05, 0) is 19.1 Å². The summed E-state index contributed by atoms with van der Waals surface area (Å²) in [5.74, 6) is -0.347. The molecule has 3 aromatic rings. The molecule has 0 radical (unpaired) electrons. The van der Waals surface area contributed by atoms with Crippen LogP contribution in [-0.4, -0.2) is 12.6 Å². The molecule has 0 N–H and O–H groups in total. The van der Waals surface area contributed by atoms with Gasteiger partial charge in [0.1, 0.15) is 0 Å². The molecular formula is C17H14O2S2. The highest BCUT2D eigenvalue weighted by atomic mass is 32.2. The Balaban J connectivity index is 2.03. The van der Waals surface area contributed by atoms with Crippen molar-refractivity contribution in [3.8, 4) is 0 Å². The van der Waals surface area contributed by atoms with E-state index in [1.807, 2.05) is 24.3 Å². The Bertz CT molecular complexity index is 833. The molecule has 0 saturated heterocycles. The van der Waals surface area contributed by atoms with Crippen molar-refractivity contribution in [1.29, 1.82) is 0 Å². The van der Waals surface area contributed by atoms with Crippen LogP contribution < -0.4 is 0 Å². The van der Waals surface area contributed by atoms with E-state index in [0.29, 0.717) is 11.5 Å². The smallest absolute Gasteiger partial charge is 0.344 e. The summed E-state index contributed by atoms with van der Waals surface area (Å²) in [4.78, 5) is 13.2. The minimum Gasteiger partial charge on any atom is -0.462 e. The fraction of sp³-hybridized carbons (Fsp3) is 0.118. The van der Waals surface area contributed by atoms with Crippen LogP contribution in [0, 0.1) is 0 Å². The fourth-order valence-corrected chi connectivity index (χ4v) is 4.31. The van der Waals surface area contributed by atoms with Crippen LogP contribution in [0.3, 0.4) is 0 Å². The molecule has 21 heavy (non-hydrogen) atoms. The zero-order chi connectivity index (χ0) is 14.8. The van der Waals surface area contributed by atoms with E-state index < -0.39 is 0 Å². The quantitative estimate of drug-likeness (QED) is 0.375. The fourth-order valence-electron chi connectivity index (χ4n) is 2.19. The van der Waals surface area contributed by atoms with Crippen molar-refractivity contribution in [2.24, 2.45) is 0 Å². The Hall–Kier alpha value is -1.78. The maximum absolute atomic E-state index is 11.7. The molecule has 0 unspecified atom stereocenters. The topological polar surface area (TPSA) is 26.3 Å². The van der Waals surface area contributed by atoms with Crippen molar-refractivity contribution < 1.29 is 9.53 Å². The van der Waals surface area contributed by atoms with E-state index in [0.717, 1.165) is 4.90 Å². The molecule has 2 aromatic carbocycles. The van der Waals surface area contributed by atoms with Gasteiger partial charge >= 0.3 is 5.97 Å². The van der Waals surface area contributed by atoms with Crippen molar-refractivity contribution in [2.45, 2.75) is 11.8 Å².